The van der Waals surface area contributed by atoms with Crippen molar-refractivity contribution >= 4 is 5.97 Å². The molecule has 0 amide bonds. The molecule has 0 radical (unpaired) electrons. The van der Waals surface area contributed by atoms with Crippen molar-refractivity contribution in [2.75, 3.05) is 7.11 Å². The molecule has 0 bridgehead atoms. The van der Waals surface area contributed by atoms with Crippen LogP contribution in [-0.2, 0) is 10.5 Å². The van der Waals surface area contributed by atoms with E-state index in [9.17, 15) is 22.4 Å². The number of benzene rings is 1. The fraction of sp³-hybridized carbons (Fsp3) is 0.364. The van der Waals surface area contributed by atoms with Crippen molar-refractivity contribution in [2.45, 2.75) is 18.3 Å². The molecule has 0 fully saturated rings. The molecule has 18 heavy (non-hydrogen) atoms. The van der Waals surface area contributed by atoms with Gasteiger partial charge in [-0.15, -0.1) is 0 Å². The number of carbonyl (C=O) groups is 1. The van der Waals surface area contributed by atoms with Crippen molar-refractivity contribution in [2.24, 2.45) is 0 Å². The van der Waals surface area contributed by atoms with Gasteiger partial charge in [-0.05, 0) is 6.07 Å². The average Bonchev–Trinajstić information content (AvgIpc) is 2.26. The Balaban J connectivity index is 3.39. The number of rotatable bonds is 4. The standard InChI is InChI=1S/C11H10F4O3/c1-18-8-5-3-2-4-7(8)10(12,6-9(16)17)11(13,14)15/h2-5H,6H2,1H3,(H,16,17). The van der Waals surface area contributed by atoms with Crippen LogP contribution in [-0.4, -0.2) is 24.4 Å². The zero-order chi connectivity index (χ0) is 14.0. The summed E-state index contributed by atoms with van der Waals surface area (Å²) in [5, 5.41) is 8.46. The van der Waals surface area contributed by atoms with Gasteiger partial charge >= 0.3 is 12.1 Å². The van der Waals surface area contributed by atoms with Gasteiger partial charge in [-0.25, -0.2) is 4.39 Å². The summed E-state index contributed by atoms with van der Waals surface area (Å²) in [6, 6.07) is 4.53. The Kier molecular flexibility index (Phi) is 3.83. The summed E-state index contributed by atoms with van der Waals surface area (Å²) >= 11 is 0. The quantitative estimate of drug-likeness (QED) is 0.852. The Morgan fingerprint density at radius 2 is 1.83 bits per heavy atom. The van der Waals surface area contributed by atoms with Gasteiger partial charge in [0.05, 0.1) is 13.5 Å². The molecular weight excluding hydrogens is 256 g/mol. The Morgan fingerprint density at radius 1 is 1.28 bits per heavy atom. The lowest BCUT2D eigenvalue weighted by Crippen LogP contribution is -2.40. The van der Waals surface area contributed by atoms with E-state index in [2.05, 4.69) is 4.74 Å². The molecule has 0 saturated heterocycles. The molecule has 0 saturated carbocycles. The highest BCUT2D eigenvalue weighted by Crippen LogP contribution is 2.48. The van der Waals surface area contributed by atoms with E-state index in [4.69, 9.17) is 5.11 Å². The number of carboxylic acid groups (broad SMARTS) is 1. The third kappa shape index (κ3) is 2.55. The normalized spacial score (nSPS) is 14.9. The first kappa shape index (κ1) is 14.3. The fourth-order valence-electron chi connectivity index (χ4n) is 1.53. The molecule has 0 heterocycles. The topological polar surface area (TPSA) is 46.5 Å². The summed E-state index contributed by atoms with van der Waals surface area (Å²) in [5.41, 5.74) is -4.83. The maximum absolute atomic E-state index is 14.1. The van der Waals surface area contributed by atoms with Crippen LogP contribution in [0.15, 0.2) is 24.3 Å². The summed E-state index contributed by atoms with van der Waals surface area (Å²) in [7, 11) is 1.08. The highest BCUT2D eigenvalue weighted by atomic mass is 19.4. The molecule has 1 rings (SSSR count). The van der Waals surface area contributed by atoms with Crippen LogP contribution in [0.5, 0.6) is 5.75 Å². The summed E-state index contributed by atoms with van der Waals surface area (Å²) in [4.78, 5) is 10.5. The van der Waals surface area contributed by atoms with Crippen molar-refractivity contribution in [3.8, 4) is 5.75 Å². The number of ether oxygens (including phenoxy) is 1. The van der Waals surface area contributed by atoms with E-state index in [0.29, 0.717) is 0 Å². The third-order valence-corrected chi connectivity index (χ3v) is 2.38. The van der Waals surface area contributed by atoms with Gasteiger partial charge in [0.2, 0.25) is 5.67 Å². The van der Waals surface area contributed by atoms with Crippen LogP contribution in [0.2, 0.25) is 0 Å². The second kappa shape index (κ2) is 4.83. The van der Waals surface area contributed by atoms with E-state index in [1.807, 2.05) is 0 Å². The molecular formula is C11H10F4O3. The first-order chi connectivity index (χ1) is 8.22. The van der Waals surface area contributed by atoms with Gasteiger partial charge in [0.15, 0.2) is 0 Å². The highest BCUT2D eigenvalue weighted by molar-refractivity contribution is 5.69. The van der Waals surface area contributed by atoms with E-state index < -0.39 is 29.8 Å². The molecule has 1 aromatic rings. The van der Waals surface area contributed by atoms with Crippen molar-refractivity contribution in [3.63, 3.8) is 0 Å². The van der Waals surface area contributed by atoms with Crippen LogP contribution in [0.25, 0.3) is 0 Å². The van der Waals surface area contributed by atoms with Crippen molar-refractivity contribution in [1.82, 2.24) is 0 Å². The maximum atomic E-state index is 14.1. The highest BCUT2D eigenvalue weighted by Gasteiger charge is 2.59. The second-order valence-electron chi connectivity index (χ2n) is 3.57. The minimum atomic E-state index is -5.35. The Labute approximate surface area is 100.0 Å². The van der Waals surface area contributed by atoms with E-state index in [1.165, 1.54) is 12.1 Å². The molecule has 7 heteroatoms. The van der Waals surface area contributed by atoms with E-state index in [-0.39, 0.29) is 5.75 Å². The van der Waals surface area contributed by atoms with E-state index >= 15 is 0 Å². The summed E-state index contributed by atoms with van der Waals surface area (Å²) in [6.07, 6.45) is -7.06. The number of methoxy groups -OCH3 is 1. The van der Waals surface area contributed by atoms with Gasteiger partial charge in [-0.3, -0.25) is 4.79 Å². The maximum Gasteiger partial charge on any atom is 0.427 e. The average molecular weight is 266 g/mol. The summed E-state index contributed by atoms with van der Waals surface area (Å²) < 4.78 is 57.1. The molecule has 0 aliphatic rings. The Hall–Kier alpha value is -1.79. The van der Waals surface area contributed by atoms with Gasteiger partial charge in [0.25, 0.3) is 0 Å². The molecule has 1 atom stereocenters. The van der Waals surface area contributed by atoms with Gasteiger partial charge in [0, 0.05) is 5.56 Å². The molecule has 0 aliphatic carbocycles. The van der Waals surface area contributed by atoms with Gasteiger partial charge in [-0.2, -0.15) is 13.2 Å². The number of halogens is 4. The lowest BCUT2D eigenvalue weighted by Gasteiger charge is -2.28. The Bertz CT molecular complexity index is 444. The van der Waals surface area contributed by atoms with Crippen LogP contribution in [0.3, 0.4) is 0 Å². The number of hydrogen-bond donors (Lipinski definition) is 1. The zero-order valence-corrected chi connectivity index (χ0v) is 9.29. The molecule has 0 aromatic heterocycles. The molecule has 1 aromatic carbocycles. The number of para-hydroxylation sites is 1. The van der Waals surface area contributed by atoms with Crippen LogP contribution < -0.4 is 4.74 Å². The second-order valence-corrected chi connectivity index (χ2v) is 3.57. The van der Waals surface area contributed by atoms with E-state index in [0.717, 1.165) is 19.2 Å². The van der Waals surface area contributed by atoms with Gasteiger partial charge < -0.3 is 9.84 Å². The van der Waals surface area contributed by atoms with Gasteiger partial charge in [-0.1, -0.05) is 18.2 Å². The Morgan fingerprint density at radius 3 is 2.28 bits per heavy atom. The largest absolute Gasteiger partial charge is 0.496 e. The van der Waals surface area contributed by atoms with Crippen LogP contribution in [0.1, 0.15) is 12.0 Å². The number of hydrogen-bond acceptors (Lipinski definition) is 2. The number of alkyl halides is 4. The van der Waals surface area contributed by atoms with Crippen LogP contribution in [0, 0.1) is 0 Å². The molecule has 100 valence electrons. The third-order valence-electron chi connectivity index (χ3n) is 2.38. The van der Waals surface area contributed by atoms with Crippen LogP contribution >= 0.6 is 0 Å². The predicted molar refractivity (Wildman–Crippen MR) is 54.1 cm³/mol. The van der Waals surface area contributed by atoms with Crippen molar-refractivity contribution in [1.29, 1.82) is 0 Å². The van der Waals surface area contributed by atoms with Crippen molar-refractivity contribution in [3.05, 3.63) is 29.8 Å². The first-order valence-corrected chi connectivity index (χ1v) is 4.83. The molecule has 0 aliphatic heterocycles. The molecule has 1 N–H and O–H groups in total. The summed E-state index contributed by atoms with van der Waals surface area (Å²) in [6.45, 7) is 0. The molecule has 3 nitrogen and oxygen atoms in total. The fourth-order valence-corrected chi connectivity index (χ4v) is 1.53. The van der Waals surface area contributed by atoms with Gasteiger partial charge in [0.1, 0.15) is 5.75 Å². The smallest absolute Gasteiger partial charge is 0.427 e. The number of aliphatic carboxylic acids is 1. The van der Waals surface area contributed by atoms with Crippen molar-refractivity contribution < 1.29 is 32.2 Å². The SMILES string of the molecule is COc1ccccc1C(F)(CC(=O)O)C(F)(F)F. The monoisotopic (exact) mass is 266 g/mol. The lowest BCUT2D eigenvalue weighted by atomic mass is 9.91. The number of carboxylic acids is 1. The molecule has 0 spiro atoms. The summed E-state index contributed by atoms with van der Waals surface area (Å²) in [5.74, 6) is -2.24. The lowest BCUT2D eigenvalue weighted by molar-refractivity contribution is -0.239. The minimum Gasteiger partial charge on any atom is -0.496 e. The molecule has 1 unspecified atom stereocenters. The minimum absolute atomic E-state index is 0.349. The van der Waals surface area contributed by atoms with E-state index in [1.54, 1.807) is 0 Å². The predicted octanol–water partition coefficient (Wildman–Crippen LogP) is 2.90. The first-order valence-electron chi connectivity index (χ1n) is 4.83. The van der Waals surface area contributed by atoms with Crippen LogP contribution in [0.4, 0.5) is 17.6 Å². The zero-order valence-electron chi connectivity index (χ0n) is 9.29.